The van der Waals surface area contributed by atoms with Gasteiger partial charge in [-0.15, -0.1) is 0 Å². The summed E-state index contributed by atoms with van der Waals surface area (Å²) in [5.74, 6) is -0.980. The van der Waals surface area contributed by atoms with Gasteiger partial charge in [0.1, 0.15) is 5.69 Å². The summed E-state index contributed by atoms with van der Waals surface area (Å²) in [6.45, 7) is 0. The first-order valence-corrected chi connectivity index (χ1v) is 5.04. The second-order valence-electron chi connectivity index (χ2n) is 3.02. The zero-order valence-electron chi connectivity index (χ0n) is 7.80. The number of aromatic amines is 1. The Morgan fingerprint density at radius 1 is 1.31 bits per heavy atom. The molecule has 1 N–H and O–H groups in total. The minimum Gasteiger partial charge on any atom is -0.311 e. The fraction of sp³-hybridized carbons (Fsp3) is 0. The van der Waals surface area contributed by atoms with E-state index in [-0.39, 0.29) is 16.3 Å². The highest BCUT2D eigenvalue weighted by Crippen LogP contribution is 2.29. The van der Waals surface area contributed by atoms with Crippen LogP contribution in [0.4, 0.5) is 4.39 Å². The lowest BCUT2D eigenvalue weighted by atomic mass is 10.1. The van der Waals surface area contributed by atoms with Crippen molar-refractivity contribution in [1.29, 1.82) is 0 Å². The molecular formula is C10H5Cl2FN2O. The van der Waals surface area contributed by atoms with Crippen LogP contribution >= 0.6 is 23.2 Å². The first kappa shape index (κ1) is 11.1. The van der Waals surface area contributed by atoms with Crippen molar-refractivity contribution in [2.75, 3.05) is 0 Å². The molecule has 3 nitrogen and oxygen atoms in total. The molecule has 0 fully saturated rings. The molecule has 0 unspecified atom stereocenters. The van der Waals surface area contributed by atoms with Crippen molar-refractivity contribution in [3.63, 3.8) is 0 Å². The van der Waals surface area contributed by atoms with Crippen molar-refractivity contribution < 1.29 is 4.39 Å². The van der Waals surface area contributed by atoms with Gasteiger partial charge in [-0.2, -0.15) is 4.39 Å². The zero-order valence-corrected chi connectivity index (χ0v) is 9.31. The van der Waals surface area contributed by atoms with Gasteiger partial charge in [-0.1, -0.05) is 23.2 Å². The molecule has 0 saturated heterocycles. The fourth-order valence-corrected chi connectivity index (χ4v) is 1.63. The number of halogens is 3. The lowest BCUT2D eigenvalue weighted by Crippen LogP contribution is -2.12. The van der Waals surface area contributed by atoms with Crippen LogP contribution in [0.3, 0.4) is 0 Å². The van der Waals surface area contributed by atoms with Crippen molar-refractivity contribution in [2.45, 2.75) is 0 Å². The predicted molar refractivity (Wildman–Crippen MR) is 60.3 cm³/mol. The highest BCUT2D eigenvalue weighted by Gasteiger charge is 2.13. The minimum absolute atomic E-state index is 0.115. The van der Waals surface area contributed by atoms with E-state index in [0.29, 0.717) is 5.02 Å². The lowest BCUT2D eigenvalue weighted by Gasteiger charge is -2.04. The number of nitrogens with zero attached hydrogens (tertiary/aromatic N) is 1. The summed E-state index contributed by atoms with van der Waals surface area (Å²) in [5.41, 5.74) is -0.671. The van der Waals surface area contributed by atoms with E-state index < -0.39 is 11.4 Å². The van der Waals surface area contributed by atoms with E-state index >= 15 is 0 Å². The van der Waals surface area contributed by atoms with Crippen molar-refractivity contribution in [3.8, 4) is 11.3 Å². The largest absolute Gasteiger partial charge is 0.311 e. The van der Waals surface area contributed by atoms with E-state index in [2.05, 4.69) is 9.97 Å². The monoisotopic (exact) mass is 258 g/mol. The molecule has 16 heavy (non-hydrogen) atoms. The highest BCUT2D eigenvalue weighted by atomic mass is 35.5. The molecule has 1 heterocycles. The van der Waals surface area contributed by atoms with Gasteiger partial charge >= 0.3 is 0 Å². The molecule has 0 aliphatic heterocycles. The second-order valence-corrected chi connectivity index (χ2v) is 3.86. The van der Waals surface area contributed by atoms with E-state index in [0.717, 1.165) is 6.33 Å². The molecule has 0 spiro atoms. The van der Waals surface area contributed by atoms with Gasteiger partial charge in [0.25, 0.3) is 5.56 Å². The van der Waals surface area contributed by atoms with Crippen LogP contribution in [-0.4, -0.2) is 9.97 Å². The number of nitrogens with one attached hydrogen (secondary N) is 1. The molecule has 0 atom stereocenters. The van der Waals surface area contributed by atoms with Gasteiger partial charge in [-0.05, 0) is 18.2 Å². The SMILES string of the molecule is O=c1[nH]cnc(-c2cc(Cl)ccc2Cl)c1F. The molecule has 82 valence electrons. The molecule has 6 heteroatoms. The summed E-state index contributed by atoms with van der Waals surface area (Å²) < 4.78 is 13.5. The third-order valence-electron chi connectivity index (χ3n) is 1.98. The van der Waals surface area contributed by atoms with Gasteiger partial charge in [-0.25, -0.2) is 4.98 Å². The lowest BCUT2D eigenvalue weighted by molar-refractivity contribution is 0.605. The van der Waals surface area contributed by atoms with Gasteiger partial charge in [0.2, 0.25) is 5.82 Å². The molecule has 0 radical (unpaired) electrons. The smallest absolute Gasteiger partial charge is 0.287 e. The predicted octanol–water partition coefficient (Wildman–Crippen LogP) is 2.88. The van der Waals surface area contributed by atoms with Crippen LogP contribution in [0.2, 0.25) is 10.0 Å². The highest BCUT2D eigenvalue weighted by molar-refractivity contribution is 6.35. The Morgan fingerprint density at radius 2 is 2.06 bits per heavy atom. The number of hydrogen-bond donors (Lipinski definition) is 1. The van der Waals surface area contributed by atoms with Crippen LogP contribution in [0, 0.1) is 5.82 Å². The number of rotatable bonds is 1. The first-order valence-electron chi connectivity index (χ1n) is 4.28. The summed E-state index contributed by atoms with van der Waals surface area (Å²) in [4.78, 5) is 16.9. The van der Waals surface area contributed by atoms with Crippen LogP contribution in [0.5, 0.6) is 0 Å². The van der Waals surface area contributed by atoms with Crippen molar-refractivity contribution in [2.24, 2.45) is 0 Å². The molecule has 0 bridgehead atoms. The van der Waals surface area contributed by atoms with Crippen LogP contribution in [0.1, 0.15) is 0 Å². The first-order chi connectivity index (χ1) is 7.59. The van der Waals surface area contributed by atoms with Crippen LogP contribution in [0.15, 0.2) is 29.3 Å². The summed E-state index contributed by atoms with van der Waals surface area (Å²) in [7, 11) is 0. The van der Waals surface area contributed by atoms with Crippen LogP contribution in [-0.2, 0) is 0 Å². The molecule has 2 rings (SSSR count). The summed E-state index contributed by atoms with van der Waals surface area (Å²) in [5, 5.41) is 0.669. The van der Waals surface area contributed by atoms with E-state index in [1.165, 1.54) is 12.1 Å². The summed E-state index contributed by atoms with van der Waals surface area (Å²) in [6.07, 6.45) is 1.11. The maximum atomic E-state index is 13.5. The number of benzene rings is 1. The van der Waals surface area contributed by atoms with Gasteiger partial charge in [0, 0.05) is 10.6 Å². The molecule has 0 aliphatic carbocycles. The Balaban J connectivity index is 2.72. The van der Waals surface area contributed by atoms with Gasteiger partial charge < -0.3 is 4.98 Å². The van der Waals surface area contributed by atoms with Crippen LogP contribution in [0.25, 0.3) is 11.3 Å². The Kier molecular flexibility index (Phi) is 2.94. The van der Waals surface area contributed by atoms with E-state index in [4.69, 9.17) is 23.2 Å². The second kappa shape index (κ2) is 4.23. The average molecular weight is 259 g/mol. The quantitative estimate of drug-likeness (QED) is 0.855. The number of H-pyrrole nitrogens is 1. The normalized spacial score (nSPS) is 10.4. The van der Waals surface area contributed by atoms with E-state index in [1.54, 1.807) is 6.07 Å². The third-order valence-corrected chi connectivity index (χ3v) is 2.54. The Bertz CT molecular complexity index is 598. The van der Waals surface area contributed by atoms with Crippen molar-refractivity contribution in [1.82, 2.24) is 9.97 Å². The maximum absolute atomic E-state index is 13.5. The number of hydrogen-bond acceptors (Lipinski definition) is 2. The maximum Gasteiger partial charge on any atom is 0.287 e. The number of aromatic nitrogens is 2. The molecule has 1 aromatic carbocycles. The summed E-state index contributed by atoms with van der Waals surface area (Å²) in [6, 6.07) is 4.54. The van der Waals surface area contributed by atoms with E-state index in [1.807, 2.05) is 0 Å². The zero-order chi connectivity index (χ0) is 11.7. The Hall–Kier alpha value is -1.39. The van der Waals surface area contributed by atoms with Gasteiger partial charge in [0.05, 0.1) is 11.3 Å². The molecule has 0 amide bonds. The average Bonchev–Trinajstić information content (AvgIpc) is 2.26. The van der Waals surface area contributed by atoms with E-state index in [9.17, 15) is 9.18 Å². The molecule has 2 aromatic rings. The minimum atomic E-state index is -0.980. The fourth-order valence-electron chi connectivity index (χ4n) is 1.25. The topological polar surface area (TPSA) is 45.8 Å². The van der Waals surface area contributed by atoms with Crippen LogP contribution < -0.4 is 5.56 Å². The molecule has 1 aromatic heterocycles. The molecule has 0 aliphatic rings. The standard InChI is InChI=1S/C10H5Cl2FN2O/c11-5-1-2-7(12)6(3-5)9-8(13)10(16)15-4-14-9/h1-4H,(H,14,15,16). The van der Waals surface area contributed by atoms with Crippen molar-refractivity contribution in [3.05, 3.63) is 50.7 Å². The third kappa shape index (κ3) is 1.94. The van der Waals surface area contributed by atoms with Gasteiger partial charge in [-0.3, -0.25) is 4.79 Å². The molecule has 0 saturated carbocycles. The summed E-state index contributed by atoms with van der Waals surface area (Å²) >= 11 is 11.6. The van der Waals surface area contributed by atoms with Gasteiger partial charge in [0.15, 0.2) is 0 Å². The Labute approximate surface area is 99.9 Å². The molecular weight excluding hydrogens is 254 g/mol. The van der Waals surface area contributed by atoms with Crippen molar-refractivity contribution >= 4 is 23.2 Å². The Morgan fingerprint density at radius 3 is 2.81 bits per heavy atom.